The van der Waals surface area contributed by atoms with Gasteiger partial charge in [0.15, 0.2) is 0 Å². The molecule has 0 heterocycles. The van der Waals surface area contributed by atoms with E-state index in [1.54, 1.807) is 0 Å². The molecule has 0 bridgehead atoms. The molecule has 0 spiro atoms. The van der Waals surface area contributed by atoms with Crippen molar-refractivity contribution in [3.63, 3.8) is 0 Å². The van der Waals surface area contributed by atoms with E-state index in [-0.39, 0.29) is 5.91 Å². The number of amides is 1. The minimum absolute atomic E-state index is 0.193. The summed E-state index contributed by atoms with van der Waals surface area (Å²) in [6, 6.07) is 0. The fourth-order valence-electron chi connectivity index (χ4n) is 0.964. The number of nitrogens with two attached hydrogens (primary N) is 1. The van der Waals surface area contributed by atoms with Crippen molar-refractivity contribution in [3.05, 3.63) is 0 Å². The van der Waals surface area contributed by atoms with Crippen molar-refractivity contribution in [3.8, 4) is 0 Å². The van der Waals surface area contributed by atoms with Crippen LogP contribution in [0.4, 0.5) is 0 Å². The Labute approximate surface area is 77.7 Å². The van der Waals surface area contributed by atoms with Crippen molar-refractivity contribution in [2.75, 3.05) is 6.54 Å². The predicted octanol–water partition coefficient (Wildman–Crippen LogP) is 0.579. The van der Waals surface area contributed by atoms with E-state index in [1.165, 1.54) is 0 Å². The van der Waals surface area contributed by atoms with E-state index in [4.69, 9.17) is 18.0 Å². The number of rotatable bonds is 5. The average Bonchev–Trinajstić information content (AvgIpc) is 2.79. The summed E-state index contributed by atoms with van der Waals surface area (Å²) in [6.45, 7) is 0.701. The lowest BCUT2D eigenvalue weighted by Gasteiger charge is -2.02. The quantitative estimate of drug-likeness (QED) is 0.488. The van der Waals surface area contributed by atoms with Gasteiger partial charge in [0, 0.05) is 12.5 Å². The van der Waals surface area contributed by atoms with Crippen LogP contribution in [0, 0.1) is 5.92 Å². The monoisotopic (exact) mass is 186 g/mol. The first-order valence-electron chi connectivity index (χ1n) is 4.26. The molecule has 0 aromatic carbocycles. The first-order valence-corrected chi connectivity index (χ1v) is 4.67. The molecule has 1 rings (SSSR count). The number of thiocarbonyl (C=S) groups is 1. The molecule has 1 saturated carbocycles. The molecular formula is C8H14N2OS. The van der Waals surface area contributed by atoms with Crippen molar-refractivity contribution >= 4 is 23.1 Å². The molecule has 0 atom stereocenters. The number of hydrogen-bond acceptors (Lipinski definition) is 2. The van der Waals surface area contributed by atoms with Gasteiger partial charge in [0.25, 0.3) is 0 Å². The van der Waals surface area contributed by atoms with Gasteiger partial charge in [0.1, 0.15) is 0 Å². The van der Waals surface area contributed by atoms with Crippen LogP contribution in [0.25, 0.3) is 0 Å². The second-order valence-electron chi connectivity index (χ2n) is 3.14. The summed E-state index contributed by atoms with van der Waals surface area (Å²) in [5, 5.41) is 2.85. The fraction of sp³-hybridized carbons (Fsp3) is 0.750. The third-order valence-electron chi connectivity index (χ3n) is 1.85. The molecule has 1 aliphatic carbocycles. The normalized spacial score (nSPS) is 15.7. The molecule has 0 unspecified atom stereocenters. The first kappa shape index (κ1) is 9.45. The lowest BCUT2D eigenvalue weighted by molar-refractivity contribution is -0.122. The van der Waals surface area contributed by atoms with Gasteiger partial charge in [0.2, 0.25) is 5.91 Å². The zero-order valence-electron chi connectivity index (χ0n) is 7.01. The second-order valence-corrected chi connectivity index (χ2v) is 3.66. The lowest BCUT2D eigenvalue weighted by Crippen LogP contribution is -2.26. The molecular weight excluding hydrogens is 172 g/mol. The Kier molecular flexibility index (Phi) is 3.47. The van der Waals surface area contributed by atoms with Crippen molar-refractivity contribution < 1.29 is 4.79 Å². The largest absolute Gasteiger partial charge is 0.393 e. The molecule has 12 heavy (non-hydrogen) atoms. The van der Waals surface area contributed by atoms with E-state index < -0.39 is 0 Å². The summed E-state index contributed by atoms with van der Waals surface area (Å²) < 4.78 is 0. The first-order chi connectivity index (χ1) is 5.70. The Morgan fingerprint density at radius 3 is 2.75 bits per heavy atom. The van der Waals surface area contributed by atoms with Crippen molar-refractivity contribution in [2.24, 2.45) is 11.7 Å². The van der Waals surface area contributed by atoms with Crippen LogP contribution in [0.2, 0.25) is 0 Å². The van der Waals surface area contributed by atoms with E-state index in [0.29, 0.717) is 17.5 Å². The van der Waals surface area contributed by atoms with E-state index in [2.05, 4.69) is 5.32 Å². The van der Waals surface area contributed by atoms with Crippen LogP contribution >= 0.6 is 12.2 Å². The maximum Gasteiger partial charge on any atom is 0.223 e. The molecule has 1 aliphatic rings. The maximum atomic E-state index is 11.1. The molecule has 4 heteroatoms. The summed E-state index contributed by atoms with van der Waals surface area (Å²) in [5.74, 6) is 0.493. The van der Waals surface area contributed by atoms with E-state index in [0.717, 1.165) is 25.7 Å². The van der Waals surface area contributed by atoms with Crippen molar-refractivity contribution in [1.82, 2.24) is 5.32 Å². The molecule has 0 aliphatic heterocycles. The second kappa shape index (κ2) is 4.40. The van der Waals surface area contributed by atoms with Crippen LogP contribution in [-0.4, -0.2) is 17.4 Å². The van der Waals surface area contributed by atoms with Gasteiger partial charge in [0.05, 0.1) is 4.99 Å². The number of hydrogen-bond donors (Lipinski definition) is 2. The van der Waals surface area contributed by atoms with Gasteiger partial charge in [-0.1, -0.05) is 12.2 Å². The van der Waals surface area contributed by atoms with Gasteiger partial charge >= 0.3 is 0 Å². The van der Waals surface area contributed by atoms with Crippen LogP contribution in [0.15, 0.2) is 0 Å². The van der Waals surface area contributed by atoms with Crippen molar-refractivity contribution in [2.45, 2.75) is 25.7 Å². The lowest BCUT2D eigenvalue weighted by atomic mass is 10.3. The van der Waals surface area contributed by atoms with Crippen LogP contribution in [0.5, 0.6) is 0 Å². The Morgan fingerprint density at radius 2 is 2.25 bits per heavy atom. The van der Waals surface area contributed by atoms with Gasteiger partial charge < -0.3 is 11.1 Å². The van der Waals surface area contributed by atoms with Crippen LogP contribution in [0.1, 0.15) is 25.7 Å². The topological polar surface area (TPSA) is 55.1 Å². The highest BCUT2D eigenvalue weighted by molar-refractivity contribution is 7.80. The minimum Gasteiger partial charge on any atom is -0.393 e. The molecule has 1 fully saturated rings. The number of carbonyl (C=O) groups excluding carboxylic acids is 1. The summed E-state index contributed by atoms with van der Waals surface area (Å²) in [4.78, 5) is 11.6. The zero-order chi connectivity index (χ0) is 8.97. The molecule has 68 valence electrons. The molecule has 3 nitrogen and oxygen atoms in total. The summed E-state index contributed by atoms with van der Waals surface area (Å²) in [7, 11) is 0. The van der Waals surface area contributed by atoms with Gasteiger partial charge in [-0.2, -0.15) is 0 Å². The third kappa shape index (κ3) is 3.67. The Hall–Kier alpha value is -0.640. The van der Waals surface area contributed by atoms with E-state index in [9.17, 15) is 4.79 Å². The molecule has 0 aromatic rings. The third-order valence-corrected chi connectivity index (χ3v) is 2.05. The molecule has 1 amide bonds. The number of nitrogens with one attached hydrogen (secondary N) is 1. The zero-order valence-corrected chi connectivity index (χ0v) is 7.82. The highest BCUT2D eigenvalue weighted by atomic mass is 32.1. The van der Waals surface area contributed by atoms with Crippen LogP contribution in [-0.2, 0) is 4.79 Å². The maximum absolute atomic E-state index is 11.1. The minimum atomic E-state index is 0.193. The standard InChI is InChI=1S/C8H14N2OS/c9-7(12)2-1-5-10-8(11)6-3-4-6/h6H,1-5H2,(H2,9,12)(H,10,11). The highest BCUT2D eigenvalue weighted by Gasteiger charge is 2.28. The van der Waals surface area contributed by atoms with Gasteiger partial charge in [-0.15, -0.1) is 0 Å². The van der Waals surface area contributed by atoms with Crippen molar-refractivity contribution in [1.29, 1.82) is 0 Å². The fourth-order valence-corrected chi connectivity index (χ4v) is 1.11. The number of carbonyl (C=O) groups is 1. The van der Waals surface area contributed by atoms with Crippen LogP contribution in [0.3, 0.4) is 0 Å². The molecule has 0 aromatic heterocycles. The Bertz CT molecular complexity index is 189. The molecule has 0 saturated heterocycles. The highest BCUT2D eigenvalue weighted by Crippen LogP contribution is 2.28. The summed E-state index contributed by atoms with van der Waals surface area (Å²) in [6.07, 6.45) is 3.69. The SMILES string of the molecule is NC(=S)CCCNC(=O)C1CC1. The van der Waals surface area contributed by atoms with E-state index in [1.807, 2.05) is 0 Å². The Balaban J connectivity index is 1.94. The van der Waals surface area contributed by atoms with Gasteiger partial charge in [-0.25, -0.2) is 0 Å². The van der Waals surface area contributed by atoms with Crippen LogP contribution < -0.4 is 11.1 Å². The average molecular weight is 186 g/mol. The molecule has 3 N–H and O–H groups in total. The summed E-state index contributed by atoms with van der Waals surface area (Å²) >= 11 is 4.70. The predicted molar refractivity (Wildman–Crippen MR) is 51.8 cm³/mol. The molecule has 0 radical (unpaired) electrons. The van der Waals surface area contributed by atoms with E-state index >= 15 is 0 Å². The summed E-state index contributed by atoms with van der Waals surface area (Å²) in [5.41, 5.74) is 5.30. The Morgan fingerprint density at radius 1 is 1.58 bits per heavy atom. The van der Waals surface area contributed by atoms with Gasteiger partial charge in [-0.3, -0.25) is 4.79 Å². The smallest absolute Gasteiger partial charge is 0.223 e. The van der Waals surface area contributed by atoms with Gasteiger partial charge in [-0.05, 0) is 25.7 Å².